The molecule has 132 valence electrons. The number of para-hydroxylation sites is 1. The summed E-state index contributed by atoms with van der Waals surface area (Å²) in [5.74, 6) is 0.560. The molecular weight excluding hydrogens is 333 g/mol. The Bertz CT molecular complexity index is 1050. The van der Waals surface area contributed by atoms with Crippen molar-refractivity contribution >= 4 is 10.9 Å². The smallest absolute Gasteiger partial charge is 0.248 e. The third-order valence-electron chi connectivity index (χ3n) is 4.40. The van der Waals surface area contributed by atoms with Gasteiger partial charge in [-0.2, -0.15) is 5.10 Å². The summed E-state index contributed by atoms with van der Waals surface area (Å²) < 4.78 is 21.5. The summed E-state index contributed by atoms with van der Waals surface area (Å²) in [6, 6.07) is 14.4. The number of fused-ring (bicyclic) bond motifs is 1. The van der Waals surface area contributed by atoms with Crippen LogP contribution < -0.4 is 0 Å². The van der Waals surface area contributed by atoms with Gasteiger partial charge in [-0.25, -0.2) is 9.37 Å². The van der Waals surface area contributed by atoms with Crippen molar-refractivity contribution in [3.05, 3.63) is 71.4 Å². The fraction of sp³-hybridized carbons (Fsp3) is 0.200. The molecule has 2 heterocycles. The quantitative estimate of drug-likeness (QED) is 0.592. The van der Waals surface area contributed by atoms with Crippen molar-refractivity contribution in [2.75, 3.05) is 0 Å². The average Bonchev–Trinajstić information content (AvgIpc) is 3.25. The van der Waals surface area contributed by atoms with Crippen LogP contribution in [0, 0.1) is 5.82 Å². The van der Waals surface area contributed by atoms with Gasteiger partial charge in [0, 0.05) is 10.9 Å². The molecule has 0 spiro atoms. The van der Waals surface area contributed by atoms with Crippen LogP contribution in [0.25, 0.3) is 22.5 Å². The highest BCUT2D eigenvalue weighted by Crippen LogP contribution is 2.29. The first-order valence-corrected chi connectivity index (χ1v) is 8.50. The molecule has 0 atom stereocenters. The number of nitrogens with zero attached hydrogens (tertiary/aromatic N) is 3. The molecule has 26 heavy (non-hydrogen) atoms. The SMILES string of the molecule is CCc1nc(-c2nn(Cc3ccccc3F)c3ccccc23)oc1CO. The largest absolute Gasteiger partial charge is 0.437 e. The average molecular weight is 351 g/mol. The summed E-state index contributed by atoms with van der Waals surface area (Å²) >= 11 is 0. The molecule has 1 N–H and O–H groups in total. The van der Waals surface area contributed by atoms with Gasteiger partial charge in [0.2, 0.25) is 5.89 Å². The molecule has 6 heteroatoms. The Morgan fingerprint density at radius 2 is 1.88 bits per heavy atom. The molecule has 0 saturated heterocycles. The summed E-state index contributed by atoms with van der Waals surface area (Å²) in [4.78, 5) is 4.48. The van der Waals surface area contributed by atoms with E-state index in [1.54, 1.807) is 22.9 Å². The highest BCUT2D eigenvalue weighted by atomic mass is 19.1. The summed E-state index contributed by atoms with van der Waals surface area (Å²) in [5.41, 5.74) is 2.74. The van der Waals surface area contributed by atoms with Crippen LogP contribution in [0.3, 0.4) is 0 Å². The molecule has 0 fully saturated rings. The van der Waals surface area contributed by atoms with Gasteiger partial charge in [0.1, 0.15) is 12.4 Å². The van der Waals surface area contributed by atoms with Gasteiger partial charge < -0.3 is 9.52 Å². The van der Waals surface area contributed by atoms with Crippen LogP contribution in [-0.2, 0) is 19.6 Å². The zero-order chi connectivity index (χ0) is 18.1. The Labute approximate surface area is 149 Å². The number of aromatic nitrogens is 3. The van der Waals surface area contributed by atoms with Crippen LogP contribution >= 0.6 is 0 Å². The van der Waals surface area contributed by atoms with Crippen LogP contribution in [0.4, 0.5) is 4.39 Å². The van der Waals surface area contributed by atoms with E-state index in [-0.39, 0.29) is 12.4 Å². The first kappa shape index (κ1) is 16.5. The van der Waals surface area contributed by atoms with Crippen molar-refractivity contribution in [1.29, 1.82) is 0 Å². The van der Waals surface area contributed by atoms with Crippen LogP contribution in [0.5, 0.6) is 0 Å². The third-order valence-corrected chi connectivity index (χ3v) is 4.40. The van der Waals surface area contributed by atoms with E-state index in [0.29, 0.717) is 35.9 Å². The number of hydrogen-bond donors (Lipinski definition) is 1. The fourth-order valence-corrected chi connectivity index (χ4v) is 3.08. The van der Waals surface area contributed by atoms with Gasteiger partial charge in [0.05, 0.1) is 17.8 Å². The maximum atomic E-state index is 14.1. The Balaban J connectivity index is 1.84. The predicted molar refractivity (Wildman–Crippen MR) is 96.0 cm³/mol. The molecular formula is C20H18FN3O2. The van der Waals surface area contributed by atoms with Gasteiger partial charge in [0.15, 0.2) is 11.5 Å². The number of aliphatic hydroxyl groups excluding tert-OH is 1. The second kappa shape index (κ2) is 6.72. The minimum Gasteiger partial charge on any atom is -0.437 e. The van der Waals surface area contributed by atoms with Gasteiger partial charge in [0.25, 0.3) is 0 Å². The van der Waals surface area contributed by atoms with E-state index in [2.05, 4.69) is 10.1 Å². The van der Waals surface area contributed by atoms with Crippen LogP contribution in [0.1, 0.15) is 23.9 Å². The molecule has 0 radical (unpaired) electrons. The summed E-state index contributed by atoms with van der Waals surface area (Å²) in [5, 5.41) is 15.0. The first-order chi connectivity index (χ1) is 12.7. The minimum atomic E-state index is -0.263. The lowest BCUT2D eigenvalue weighted by molar-refractivity contribution is 0.247. The topological polar surface area (TPSA) is 64.1 Å². The zero-order valence-corrected chi connectivity index (χ0v) is 14.3. The normalized spacial score (nSPS) is 11.3. The highest BCUT2D eigenvalue weighted by molar-refractivity contribution is 5.91. The van der Waals surface area contributed by atoms with Crippen LogP contribution in [0.15, 0.2) is 52.9 Å². The lowest BCUT2D eigenvalue weighted by atomic mass is 10.2. The molecule has 0 bridgehead atoms. The second-order valence-electron chi connectivity index (χ2n) is 6.02. The fourth-order valence-electron chi connectivity index (χ4n) is 3.08. The van der Waals surface area contributed by atoms with Crippen LogP contribution in [0.2, 0.25) is 0 Å². The lowest BCUT2D eigenvalue weighted by Crippen LogP contribution is -2.03. The standard InChI is InChI=1S/C20H18FN3O2/c1-2-16-18(12-25)26-20(22-16)19-14-8-4-6-10-17(14)24(23-19)11-13-7-3-5-9-15(13)21/h3-10,25H,2,11-12H2,1H3. The molecule has 0 saturated carbocycles. The second-order valence-corrected chi connectivity index (χ2v) is 6.02. The summed E-state index contributed by atoms with van der Waals surface area (Å²) in [6.07, 6.45) is 0.660. The van der Waals surface area contributed by atoms with Gasteiger partial charge in [-0.1, -0.05) is 43.3 Å². The predicted octanol–water partition coefficient (Wildman–Crippen LogP) is 3.93. The molecule has 5 nitrogen and oxygen atoms in total. The van der Waals surface area contributed by atoms with E-state index >= 15 is 0 Å². The van der Waals surface area contributed by atoms with E-state index in [9.17, 15) is 9.50 Å². The lowest BCUT2D eigenvalue weighted by Gasteiger charge is -2.04. The monoisotopic (exact) mass is 351 g/mol. The van der Waals surface area contributed by atoms with Gasteiger partial charge in [-0.3, -0.25) is 4.68 Å². The molecule has 2 aromatic carbocycles. The van der Waals surface area contributed by atoms with Crippen molar-refractivity contribution in [1.82, 2.24) is 14.8 Å². The van der Waals surface area contributed by atoms with Crippen molar-refractivity contribution in [3.63, 3.8) is 0 Å². The number of benzene rings is 2. The maximum Gasteiger partial charge on any atom is 0.248 e. The minimum absolute atomic E-state index is 0.204. The Kier molecular flexibility index (Phi) is 4.26. The number of aryl methyl sites for hydroxylation is 1. The maximum absolute atomic E-state index is 14.1. The number of rotatable bonds is 5. The zero-order valence-electron chi connectivity index (χ0n) is 14.3. The summed E-state index contributed by atoms with van der Waals surface area (Å²) in [7, 11) is 0. The van der Waals surface area contributed by atoms with Crippen LogP contribution in [-0.4, -0.2) is 19.9 Å². The molecule has 0 amide bonds. The van der Waals surface area contributed by atoms with E-state index in [1.807, 2.05) is 31.2 Å². The molecule has 4 aromatic rings. The van der Waals surface area contributed by atoms with Gasteiger partial charge >= 0.3 is 0 Å². The molecule has 4 rings (SSSR count). The Hall–Kier alpha value is -2.99. The number of halogens is 1. The van der Waals surface area contributed by atoms with Gasteiger partial charge in [-0.15, -0.1) is 0 Å². The molecule has 0 aliphatic heterocycles. The van der Waals surface area contributed by atoms with Crippen molar-refractivity contribution in [2.45, 2.75) is 26.5 Å². The number of aliphatic hydroxyl groups is 1. The van der Waals surface area contributed by atoms with Gasteiger partial charge in [-0.05, 0) is 18.6 Å². The van der Waals surface area contributed by atoms with E-state index < -0.39 is 0 Å². The molecule has 0 aliphatic rings. The Morgan fingerprint density at radius 1 is 1.12 bits per heavy atom. The van der Waals surface area contributed by atoms with E-state index in [0.717, 1.165) is 16.6 Å². The molecule has 0 unspecified atom stereocenters. The number of oxazole rings is 1. The van der Waals surface area contributed by atoms with Crippen molar-refractivity contribution in [2.24, 2.45) is 0 Å². The first-order valence-electron chi connectivity index (χ1n) is 8.50. The Morgan fingerprint density at radius 3 is 2.62 bits per heavy atom. The van der Waals surface area contributed by atoms with Crippen molar-refractivity contribution < 1.29 is 13.9 Å². The summed E-state index contributed by atoms with van der Waals surface area (Å²) in [6.45, 7) is 2.06. The number of hydrogen-bond acceptors (Lipinski definition) is 4. The molecule has 0 aliphatic carbocycles. The van der Waals surface area contributed by atoms with Crippen molar-refractivity contribution in [3.8, 4) is 11.6 Å². The highest BCUT2D eigenvalue weighted by Gasteiger charge is 2.19. The third kappa shape index (κ3) is 2.78. The van der Waals surface area contributed by atoms with E-state index in [1.165, 1.54) is 6.07 Å². The molecule has 2 aromatic heterocycles. The van der Waals surface area contributed by atoms with E-state index in [4.69, 9.17) is 4.42 Å².